The summed E-state index contributed by atoms with van der Waals surface area (Å²) in [4.78, 5) is 23.2. The van der Waals surface area contributed by atoms with Crippen molar-refractivity contribution in [3.63, 3.8) is 0 Å². The predicted octanol–water partition coefficient (Wildman–Crippen LogP) is 14.5. The van der Waals surface area contributed by atoms with Gasteiger partial charge in [-0.25, -0.2) is 9.59 Å². The summed E-state index contributed by atoms with van der Waals surface area (Å²) in [6.45, 7) is 4.56. The number of hydrogen-bond donors (Lipinski definition) is 2. The zero-order valence-corrected chi connectivity index (χ0v) is 33.6. The molecule has 4 N–H and O–H groups in total. The van der Waals surface area contributed by atoms with Crippen molar-refractivity contribution in [2.24, 2.45) is 11.5 Å². The largest absolute Gasteiger partial charge is 0.407 e. The highest BCUT2D eigenvalue weighted by molar-refractivity contribution is 5.67. The molecule has 0 aliphatic carbocycles. The van der Waals surface area contributed by atoms with Crippen LogP contribution in [-0.4, -0.2) is 12.2 Å². The minimum absolute atomic E-state index is 0.657. The molecule has 0 unspecified atom stereocenters. The van der Waals surface area contributed by atoms with E-state index in [1.165, 1.54) is 192 Å². The molecule has 0 radical (unpaired) electrons. The van der Waals surface area contributed by atoms with Crippen molar-refractivity contribution in [3.8, 4) is 0 Å². The molecule has 0 aliphatic rings. The van der Waals surface area contributed by atoms with Crippen molar-refractivity contribution in [3.05, 3.63) is 34.9 Å². The number of hydrogen-bond acceptors (Lipinski definition) is 4. The quantitative estimate of drug-likeness (QED) is 0.0528. The third kappa shape index (κ3) is 29.0. The lowest BCUT2D eigenvalue weighted by Gasteiger charge is -2.20. The second-order valence-corrected chi connectivity index (χ2v) is 15.3. The van der Waals surface area contributed by atoms with E-state index in [1.54, 1.807) is 0 Å². The minimum atomic E-state index is -1.22. The Balaban J connectivity index is 2.33. The Hall–Kier alpha value is -2.24. The van der Waals surface area contributed by atoms with Gasteiger partial charge in [-0.1, -0.05) is 225 Å². The SMILES string of the molecule is CCCCCCCCCCCCCCCCCCc1ccc(C(OC(N)=O)OC(N)=O)c(CCCCCCCCCCCCCCCCCC)c1. The van der Waals surface area contributed by atoms with Crippen LogP contribution < -0.4 is 11.5 Å². The second kappa shape index (κ2) is 34.8. The van der Waals surface area contributed by atoms with Gasteiger partial charge in [0.1, 0.15) is 0 Å². The van der Waals surface area contributed by atoms with Crippen LogP contribution in [0.2, 0.25) is 0 Å². The molecule has 6 nitrogen and oxygen atoms in total. The number of unbranched alkanes of at least 4 members (excludes halogenated alkanes) is 30. The number of ether oxygens (including phenoxy) is 2. The fourth-order valence-corrected chi connectivity index (χ4v) is 7.36. The summed E-state index contributed by atoms with van der Waals surface area (Å²) in [5, 5.41) is 0. The summed E-state index contributed by atoms with van der Waals surface area (Å²) < 4.78 is 10.3. The zero-order chi connectivity index (χ0) is 37.0. The fourth-order valence-electron chi connectivity index (χ4n) is 7.36. The highest BCUT2D eigenvalue weighted by Gasteiger charge is 2.22. The number of aryl methyl sites for hydroxylation is 2. The zero-order valence-electron chi connectivity index (χ0n) is 33.6. The standard InChI is InChI=1S/C45H82N2O4/c1-3-5-7-9-11-13-15-17-19-21-23-25-27-29-31-33-35-40-37-38-42(43(50-44(46)48)51-45(47)49)41(39-40)36-34-32-30-28-26-24-22-20-18-16-14-12-10-8-6-4-2/h37-39,43H,3-36H2,1-2H3,(H2,46,48)(H2,47,49). The maximum absolute atomic E-state index is 11.6. The Morgan fingerprint density at radius 1 is 0.451 bits per heavy atom. The summed E-state index contributed by atoms with van der Waals surface area (Å²) in [5.74, 6) is 0. The number of amides is 2. The lowest BCUT2D eigenvalue weighted by Crippen LogP contribution is -2.25. The number of carbonyl (C=O) groups is 2. The molecule has 0 saturated carbocycles. The van der Waals surface area contributed by atoms with Crippen LogP contribution in [0.4, 0.5) is 9.59 Å². The first-order valence-electron chi connectivity index (χ1n) is 22.0. The number of primary amides is 2. The van der Waals surface area contributed by atoms with Crippen molar-refractivity contribution in [2.45, 2.75) is 238 Å². The maximum atomic E-state index is 11.6. The number of benzene rings is 1. The minimum Gasteiger partial charge on any atom is -0.405 e. The second-order valence-electron chi connectivity index (χ2n) is 15.3. The van der Waals surface area contributed by atoms with Crippen LogP contribution in [0.25, 0.3) is 0 Å². The van der Waals surface area contributed by atoms with Gasteiger partial charge in [0.15, 0.2) is 0 Å². The van der Waals surface area contributed by atoms with Gasteiger partial charge >= 0.3 is 12.2 Å². The van der Waals surface area contributed by atoms with E-state index in [0.29, 0.717) is 5.56 Å². The van der Waals surface area contributed by atoms with Gasteiger partial charge in [-0.3, -0.25) is 0 Å². The Bertz CT molecular complexity index is 936. The van der Waals surface area contributed by atoms with Crippen molar-refractivity contribution in [1.82, 2.24) is 0 Å². The summed E-state index contributed by atoms with van der Waals surface area (Å²) in [5.41, 5.74) is 13.6. The smallest absolute Gasteiger partial charge is 0.405 e. The molecular weight excluding hydrogens is 633 g/mol. The molecule has 0 aromatic heterocycles. The molecule has 0 saturated heterocycles. The number of nitrogens with two attached hydrogens (primary N) is 2. The summed E-state index contributed by atoms with van der Waals surface area (Å²) in [6, 6.07) is 6.17. The van der Waals surface area contributed by atoms with Gasteiger partial charge in [0.25, 0.3) is 6.29 Å². The van der Waals surface area contributed by atoms with Crippen molar-refractivity contribution in [2.75, 3.05) is 0 Å². The van der Waals surface area contributed by atoms with E-state index in [9.17, 15) is 9.59 Å². The van der Waals surface area contributed by atoms with E-state index >= 15 is 0 Å². The summed E-state index contributed by atoms with van der Waals surface area (Å²) in [6.07, 6.45) is 41.8. The highest BCUT2D eigenvalue weighted by Crippen LogP contribution is 2.27. The predicted molar refractivity (Wildman–Crippen MR) is 217 cm³/mol. The first kappa shape index (κ1) is 46.8. The molecule has 6 heteroatoms. The fraction of sp³-hybridized carbons (Fsp3) is 0.822. The monoisotopic (exact) mass is 715 g/mol. The van der Waals surface area contributed by atoms with Gasteiger partial charge in [0.05, 0.1) is 0 Å². The molecule has 0 heterocycles. The van der Waals surface area contributed by atoms with E-state index < -0.39 is 18.5 Å². The van der Waals surface area contributed by atoms with E-state index in [2.05, 4.69) is 26.0 Å². The molecule has 51 heavy (non-hydrogen) atoms. The molecule has 0 bridgehead atoms. The lowest BCUT2D eigenvalue weighted by atomic mass is 9.95. The molecule has 1 aromatic carbocycles. The van der Waals surface area contributed by atoms with Gasteiger partial charge in [-0.05, 0) is 36.8 Å². The van der Waals surface area contributed by atoms with Crippen LogP contribution in [0.15, 0.2) is 18.2 Å². The van der Waals surface area contributed by atoms with Crippen molar-refractivity contribution < 1.29 is 19.1 Å². The molecule has 1 rings (SSSR count). The average molecular weight is 715 g/mol. The maximum Gasteiger partial charge on any atom is 0.407 e. The Morgan fingerprint density at radius 3 is 1.06 bits per heavy atom. The van der Waals surface area contributed by atoms with Gasteiger partial charge in [-0.15, -0.1) is 0 Å². The van der Waals surface area contributed by atoms with Crippen LogP contribution >= 0.6 is 0 Å². The molecule has 0 aliphatic heterocycles. The third-order valence-electron chi connectivity index (χ3n) is 10.5. The Kier molecular flexibility index (Phi) is 31.9. The normalized spacial score (nSPS) is 11.4. The molecule has 296 valence electrons. The van der Waals surface area contributed by atoms with E-state index in [0.717, 1.165) is 37.7 Å². The highest BCUT2D eigenvalue weighted by atomic mass is 16.7. The van der Waals surface area contributed by atoms with Gasteiger partial charge < -0.3 is 20.9 Å². The molecule has 1 aromatic rings. The first-order chi connectivity index (χ1) is 25.0. The summed E-state index contributed by atoms with van der Waals surface area (Å²) >= 11 is 0. The average Bonchev–Trinajstić information content (AvgIpc) is 3.10. The molecule has 0 spiro atoms. The molecule has 0 atom stereocenters. The van der Waals surface area contributed by atoms with E-state index in [4.69, 9.17) is 20.9 Å². The van der Waals surface area contributed by atoms with Crippen LogP contribution in [0.3, 0.4) is 0 Å². The van der Waals surface area contributed by atoms with Gasteiger partial charge in [0, 0.05) is 5.56 Å². The van der Waals surface area contributed by atoms with Crippen LogP contribution in [0, 0.1) is 0 Å². The van der Waals surface area contributed by atoms with Gasteiger partial charge in [0.2, 0.25) is 0 Å². The van der Waals surface area contributed by atoms with Crippen molar-refractivity contribution in [1.29, 1.82) is 0 Å². The van der Waals surface area contributed by atoms with Crippen LogP contribution in [0.1, 0.15) is 242 Å². The molecular formula is C45H82N2O4. The Labute approximate surface area is 315 Å². The lowest BCUT2D eigenvalue weighted by molar-refractivity contribution is -0.0583. The van der Waals surface area contributed by atoms with Gasteiger partial charge in [-0.2, -0.15) is 0 Å². The topological polar surface area (TPSA) is 105 Å². The molecule has 0 fully saturated rings. The van der Waals surface area contributed by atoms with Crippen LogP contribution in [-0.2, 0) is 22.3 Å². The van der Waals surface area contributed by atoms with Crippen LogP contribution in [0.5, 0.6) is 0 Å². The number of rotatable bonds is 37. The van der Waals surface area contributed by atoms with Crippen molar-refractivity contribution >= 4 is 12.2 Å². The van der Waals surface area contributed by atoms with E-state index in [-0.39, 0.29) is 0 Å². The first-order valence-corrected chi connectivity index (χ1v) is 22.0. The summed E-state index contributed by atoms with van der Waals surface area (Å²) in [7, 11) is 0. The Morgan fingerprint density at radius 2 is 0.745 bits per heavy atom. The van der Waals surface area contributed by atoms with E-state index in [1.807, 2.05) is 6.07 Å². The number of carbonyl (C=O) groups excluding carboxylic acids is 2. The molecule has 2 amide bonds. The third-order valence-corrected chi connectivity index (χ3v) is 10.5.